The molecule has 0 bridgehead atoms. The molecule has 52 valence electrons. The minimum Gasteiger partial charge on any atom is -0.301 e. The molecule has 0 saturated heterocycles. The Labute approximate surface area is 59.8 Å². The third-order valence-electron chi connectivity index (χ3n) is 1.52. The summed E-state index contributed by atoms with van der Waals surface area (Å²) in [5.41, 5.74) is 1.84. The fourth-order valence-electron chi connectivity index (χ4n) is 0.790. The Balaban J connectivity index is 3.03. The van der Waals surface area contributed by atoms with Gasteiger partial charge in [0, 0.05) is 0 Å². The lowest BCUT2D eigenvalue weighted by atomic mass is 9.99. The van der Waals surface area contributed by atoms with Crippen molar-refractivity contribution in [3.05, 3.63) is 23.3 Å². The van der Waals surface area contributed by atoms with Crippen molar-refractivity contribution in [2.45, 2.75) is 13.8 Å². The van der Waals surface area contributed by atoms with Gasteiger partial charge in [0.1, 0.15) is 0 Å². The molecule has 10 heavy (non-hydrogen) atoms. The van der Waals surface area contributed by atoms with Crippen LogP contribution in [-0.4, -0.2) is 11.5 Å². The lowest BCUT2D eigenvalue weighted by molar-refractivity contribution is -0.111. The van der Waals surface area contributed by atoms with Gasteiger partial charge >= 0.3 is 0 Å². The second kappa shape index (κ2) is 2.21. The van der Waals surface area contributed by atoms with Gasteiger partial charge in [-0.3, -0.25) is 4.79 Å². The molecule has 0 heterocycles. The van der Waals surface area contributed by atoms with Crippen LogP contribution >= 0.6 is 0 Å². The predicted octanol–water partition coefficient (Wildman–Crippen LogP) is 1.48. The van der Waals surface area contributed by atoms with Crippen LogP contribution in [0.1, 0.15) is 13.8 Å². The molecule has 0 aliphatic heterocycles. The van der Waals surface area contributed by atoms with Crippen molar-refractivity contribution in [2.75, 3.05) is 0 Å². The van der Waals surface area contributed by atoms with Gasteiger partial charge in [-0.05, 0) is 37.1 Å². The van der Waals surface area contributed by atoms with Crippen molar-refractivity contribution in [1.82, 2.24) is 0 Å². The maximum atomic E-state index is 10.9. The number of ketones is 1. The van der Waals surface area contributed by atoms with Crippen molar-refractivity contribution in [3.8, 4) is 0 Å². The summed E-state index contributed by atoms with van der Waals surface area (Å²) in [6.07, 6.45) is 3.09. The standard InChI is InChI=1S/C8H9NO/c1-5-4-8(10)6(2)3-7(5)9/h3-4,9H,1-2H3. The SMILES string of the molecule is CC1=CC(=O)C(C)=CC1=N. The Bertz CT molecular complexity index is 230. The molecule has 0 aromatic heterocycles. The third kappa shape index (κ3) is 1.05. The van der Waals surface area contributed by atoms with Crippen LogP contribution in [0.2, 0.25) is 0 Å². The predicted molar refractivity (Wildman–Crippen MR) is 40.2 cm³/mol. The van der Waals surface area contributed by atoms with Crippen molar-refractivity contribution < 1.29 is 4.79 Å². The molecule has 1 aliphatic rings. The molecule has 0 aromatic rings. The zero-order valence-corrected chi connectivity index (χ0v) is 6.06. The van der Waals surface area contributed by atoms with Crippen molar-refractivity contribution >= 4 is 11.5 Å². The van der Waals surface area contributed by atoms with E-state index in [-0.39, 0.29) is 5.78 Å². The summed E-state index contributed by atoms with van der Waals surface area (Å²) >= 11 is 0. The van der Waals surface area contributed by atoms with Gasteiger partial charge in [-0.25, -0.2) is 0 Å². The maximum absolute atomic E-state index is 10.9. The number of carbonyl (C=O) groups is 1. The Morgan fingerprint density at radius 3 is 2.30 bits per heavy atom. The van der Waals surface area contributed by atoms with E-state index in [0.717, 1.165) is 5.57 Å². The second-order valence-electron chi connectivity index (χ2n) is 2.43. The largest absolute Gasteiger partial charge is 0.301 e. The fourth-order valence-corrected chi connectivity index (χ4v) is 0.790. The molecule has 0 saturated carbocycles. The first-order valence-corrected chi connectivity index (χ1v) is 3.11. The van der Waals surface area contributed by atoms with E-state index in [4.69, 9.17) is 5.41 Å². The first-order valence-electron chi connectivity index (χ1n) is 3.11. The van der Waals surface area contributed by atoms with Crippen LogP contribution in [0.25, 0.3) is 0 Å². The number of allylic oxidation sites excluding steroid dienone is 4. The van der Waals surface area contributed by atoms with Gasteiger partial charge < -0.3 is 5.41 Å². The topological polar surface area (TPSA) is 40.9 Å². The summed E-state index contributed by atoms with van der Waals surface area (Å²) < 4.78 is 0. The van der Waals surface area contributed by atoms with E-state index in [9.17, 15) is 4.79 Å². The number of rotatable bonds is 0. The van der Waals surface area contributed by atoms with Crippen LogP contribution in [0.4, 0.5) is 0 Å². The summed E-state index contributed by atoms with van der Waals surface area (Å²) in [5.74, 6) is 0.0218. The van der Waals surface area contributed by atoms with Crippen molar-refractivity contribution in [1.29, 1.82) is 5.41 Å². The van der Waals surface area contributed by atoms with Crippen LogP contribution < -0.4 is 0 Å². The minimum absolute atomic E-state index is 0.0218. The molecule has 2 nitrogen and oxygen atoms in total. The summed E-state index contributed by atoms with van der Waals surface area (Å²) in [6.45, 7) is 3.49. The van der Waals surface area contributed by atoms with Crippen LogP contribution in [0.5, 0.6) is 0 Å². The average molecular weight is 135 g/mol. The lowest BCUT2D eigenvalue weighted by Crippen LogP contribution is -2.08. The molecule has 0 radical (unpaired) electrons. The van der Waals surface area contributed by atoms with Gasteiger partial charge in [0.15, 0.2) is 5.78 Å². The normalized spacial score (nSPS) is 18.6. The third-order valence-corrected chi connectivity index (χ3v) is 1.52. The van der Waals surface area contributed by atoms with Crippen molar-refractivity contribution in [2.24, 2.45) is 0 Å². The van der Waals surface area contributed by atoms with Gasteiger partial charge in [-0.15, -0.1) is 0 Å². The summed E-state index contributed by atoms with van der Waals surface area (Å²) in [4.78, 5) is 10.9. The number of nitrogens with one attached hydrogen (secondary N) is 1. The van der Waals surface area contributed by atoms with Crippen LogP contribution in [0.15, 0.2) is 23.3 Å². The summed E-state index contributed by atoms with van der Waals surface area (Å²) in [6, 6.07) is 0. The highest BCUT2D eigenvalue weighted by molar-refractivity contribution is 6.20. The molecule has 0 aromatic carbocycles. The van der Waals surface area contributed by atoms with E-state index in [0.29, 0.717) is 11.3 Å². The first-order chi connectivity index (χ1) is 4.61. The highest BCUT2D eigenvalue weighted by Crippen LogP contribution is 2.09. The van der Waals surface area contributed by atoms with E-state index < -0.39 is 0 Å². The van der Waals surface area contributed by atoms with Crippen molar-refractivity contribution in [3.63, 3.8) is 0 Å². The molecule has 0 amide bonds. The quantitative estimate of drug-likeness (QED) is 0.502. The maximum Gasteiger partial charge on any atom is 0.181 e. The molecule has 1 N–H and O–H groups in total. The number of carbonyl (C=O) groups excluding carboxylic acids is 1. The van der Waals surface area contributed by atoms with Gasteiger partial charge in [0.05, 0.1) is 5.71 Å². The fraction of sp³-hybridized carbons (Fsp3) is 0.250. The number of hydrogen-bond acceptors (Lipinski definition) is 2. The van der Waals surface area contributed by atoms with Crippen LogP contribution in [0, 0.1) is 5.41 Å². The van der Waals surface area contributed by atoms with Gasteiger partial charge in [0.25, 0.3) is 0 Å². The molecular weight excluding hydrogens is 126 g/mol. The van der Waals surface area contributed by atoms with E-state index in [1.54, 1.807) is 19.9 Å². The van der Waals surface area contributed by atoms with Crippen LogP contribution in [0.3, 0.4) is 0 Å². The average Bonchev–Trinajstić information content (AvgIpc) is 1.84. The summed E-state index contributed by atoms with van der Waals surface area (Å²) in [7, 11) is 0. The first kappa shape index (κ1) is 6.93. The molecule has 2 heteroatoms. The van der Waals surface area contributed by atoms with Gasteiger partial charge in [0.2, 0.25) is 0 Å². The Morgan fingerprint density at radius 2 is 1.80 bits per heavy atom. The Hall–Kier alpha value is -1.18. The monoisotopic (exact) mass is 135 g/mol. The van der Waals surface area contributed by atoms with E-state index >= 15 is 0 Å². The van der Waals surface area contributed by atoms with Crippen LogP contribution in [-0.2, 0) is 4.79 Å². The van der Waals surface area contributed by atoms with Gasteiger partial charge in [-0.2, -0.15) is 0 Å². The van der Waals surface area contributed by atoms with E-state index in [1.165, 1.54) is 6.08 Å². The molecule has 0 unspecified atom stereocenters. The highest BCUT2D eigenvalue weighted by Gasteiger charge is 2.09. The smallest absolute Gasteiger partial charge is 0.181 e. The molecule has 0 atom stereocenters. The minimum atomic E-state index is 0.0218. The van der Waals surface area contributed by atoms with Gasteiger partial charge in [-0.1, -0.05) is 0 Å². The molecule has 1 rings (SSSR count). The Morgan fingerprint density at radius 1 is 1.20 bits per heavy atom. The molecular formula is C8H9NO. The molecule has 1 aliphatic carbocycles. The zero-order chi connectivity index (χ0) is 7.72. The second-order valence-corrected chi connectivity index (χ2v) is 2.43. The highest BCUT2D eigenvalue weighted by atomic mass is 16.1. The van der Waals surface area contributed by atoms with E-state index in [2.05, 4.69) is 0 Å². The number of hydrogen-bond donors (Lipinski definition) is 1. The molecule has 0 fully saturated rings. The summed E-state index contributed by atoms with van der Waals surface area (Å²) in [5, 5.41) is 7.32. The van der Waals surface area contributed by atoms with E-state index in [1.807, 2.05) is 0 Å². The molecule has 0 spiro atoms. The lowest BCUT2D eigenvalue weighted by Gasteiger charge is -2.05. The Kier molecular flexibility index (Phi) is 1.53. The zero-order valence-electron chi connectivity index (χ0n) is 6.06.